The Hall–Kier alpha value is -3.52. The fraction of sp³-hybridized carbons (Fsp3) is 0.226. The molecule has 0 bridgehead atoms. The van der Waals surface area contributed by atoms with Crippen LogP contribution in [0.25, 0.3) is 11.1 Å². The van der Waals surface area contributed by atoms with Gasteiger partial charge < -0.3 is 10.2 Å². The van der Waals surface area contributed by atoms with Gasteiger partial charge in [-0.1, -0.05) is 100 Å². The molecule has 0 spiro atoms. The number of fused-ring (bicyclic) bond motifs is 3. The molecule has 0 aliphatic heterocycles. The summed E-state index contributed by atoms with van der Waals surface area (Å²) in [6, 6.07) is 28.9. The number of hydrogen-bond acceptors (Lipinski definition) is 2. The van der Waals surface area contributed by atoms with Crippen LogP contribution in [0.2, 0.25) is 0 Å². The van der Waals surface area contributed by atoms with E-state index in [2.05, 4.69) is 88.4 Å². The molecular formula is C31H30O2. The minimum atomic E-state index is -0.649. The first-order valence-electron chi connectivity index (χ1n) is 11.7. The lowest BCUT2D eigenvalue weighted by Gasteiger charge is -2.38. The molecule has 0 atom stereocenters. The molecule has 0 amide bonds. The van der Waals surface area contributed by atoms with Gasteiger partial charge in [0.25, 0.3) is 0 Å². The molecule has 0 heterocycles. The van der Waals surface area contributed by atoms with Crippen LogP contribution in [0.1, 0.15) is 72.9 Å². The van der Waals surface area contributed by atoms with Crippen molar-refractivity contribution in [3.63, 3.8) is 0 Å². The molecule has 0 saturated heterocycles. The molecule has 0 fully saturated rings. The van der Waals surface area contributed by atoms with E-state index in [0.29, 0.717) is 11.5 Å². The van der Waals surface area contributed by atoms with Crippen LogP contribution in [0.15, 0.2) is 84.9 Å². The molecule has 166 valence electrons. The number of phenols is 2. The second kappa shape index (κ2) is 7.81. The fourth-order valence-electron chi connectivity index (χ4n) is 5.93. The normalized spacial score (nSPS) is 13.9. The maximum absolute atomic E-state index is 11.1. The molecule has 1 aliphatic carbocycles. The first-order valence-corrected chi connectivity index (χ1v) is 11.7. The monoisotopic (exact) mass is 434 g/mol. The zero-order valence-electron chi connectivity index (χ0n) is 19.6. The summed E-state index contributed by atoms with van der Waals surface area (Å²) in [7, 11) is 0. The van der Waals surface area contributed by atoms with Crippen molar-refractivity contribution in [2.75, 3.05) is 0 Å². The molecule has 0 unspecified atom stereocenters. The van der Waals surface area contributed by atoms with Gasteiger partial charge in [0.1, 0.15) is 11.5 Å². The van der Waals surface area contributed by atoms with E-state index in [-0.39, 0.29) is 11.8 Å². The summed E-state index contributed by atoms with van der Waals surface area (Å²) in [4.78, 5) is 0. The largest absolute Gasteiger partial charge is 0.508 e. The van der Waals surface area contributed by atoms with Crippen molar-refractivity contribution in [1.82, 2.24) is 0 Å². The van der Waals surface area contributed by atoms with Crippen molar-refractivity contribution >= 4 is 0 Å². The number of hydrogen-bond donors (Lipinski definition) is 2. The standard InChI is InChI=1S/C31H30O2/c1-19(2)29-25(15-9-17-27(29)32)31(26-16-10-18-28(33)30(26)20(3)4)23-13-7-5-11-21(23)22-12-6-8-14-24(22)31/h5-20,32-33H,1-4H3. The third-order valence-electron chi connectivity index (χ3n) is 7.08. The molecule has 0 saturated carbocycles. The van der Waals surface area contributed by atoms with Crippen LogP contribution in [0.5, 0.6) is 11.5 Å². The first kappa shape index (κ1) is 21.3. The number of aromatic hydroxyl groups is 2. The minimum Gasteiger partial charge on any atom is -0.508 e. The summed E-state index contributed by atoms with van der Waals surface area (Å²) in [6.45, 7) is 8.52. The highest BCUT2D eigenvalue weighted by atomic mass is 16.3. The van der Waals surface area contributed by atoms with E-state index in [9.17, 15) is 10.2 Å². The maximum Gasteiger partial charge on any atom is 0.119 e. The van der Waals surface area contributed by atoms with Gasteiger partial charge in [-0.05, 0) is 57.3 Å². The van der Waals surface area contributed by atoms with E-state index in [1.807, 2.05) is 12.1 Å². The van der Waals surface area contributed by atoms with Gasteiger partial charge in [-0.25, -0.2) is 0 Å². The number of rotatable bonds is 4. The van der Waals surface area contributed by atoms with Gasteiger partial charge in [0.2, 0.25) is 0 Å². The topological polar surface area (TPSA) is 40.5 Å². The van der Waals surface area contributed by atoms with Crippen LogP contribution in [-0.2, 0) is 5.41 Å². The lowest BCUT2D eigenvalue weighted by Crippen LogP contribution is -2.31. The second-order valence-electron chi connectivity index (χ2n) is 9.63. The minimum absolute atomic E-state index is 0.123. The summed E-state index contributed by atoms with van der Waals surface area (Å²) in [6.07, 6.45) is 0. The number of benzene rings is 4. The molecule has 5 rings (SSSR count). The molecule has 33 heavy (non-hydrogen) atoms. The van der Waals surface area contributed by atoms with Crippen molar-refractivity contribution in [3.05, 3.63) is 118 Å². The molecule has 2 heteroatoms. The van der Waals surface area contributed by atoms with Crippen LogP contribution in [0.3, 0.4) is 0 Å². The van der Waals surface area contributed by atoms with Crippen LogP contribution >= 0.6 is 0 Å². The maximum atomic E-state index is 11.1. The third kappa shape index (κ3) is 2.94. The van der Waals surface area contributed by atoms with Crippen molar-refractivity contribution < 1.29 is 10.2 Å². The van der Waals surface area contributed by atoms with Gasteiger partial charge in [-0.2, -0.15) is 0 Å². The molecule has 1 aliphatic rings. The van der Waals surface area contributed by atoms with Crippen molar-refractivity contribution in [1.29, 1.82) is 0 Å². The quantitative estimate of drug-likeness (QED) is 0.304. The Kier molecular flexibility index (Phi) is 5.05. The average molecular weight is 435 g/mol. The first-order chi connectivity index (χ1) is 15.9. The molecule has 0 aromatic heterocycles. The van der Waals surface area contributed by atoms with E-state index in [1.165, 1.54) is 22.3 Å². The summed E-state index contributed by atoms with van der Waals surface area (Å²) in [5.74, 6) is 0.876. The Balaban J connectivity index is 2.06. The Morgan fingerprint density at radius 2 is 0.848 bits per heavy atom. The fourth-order valence-corrected chi connectivity index (χ4v) is 5.93. The van der Waals surface area contributed by atoms with Crippen LogP contribution in [-0.4, -0.2) is 10.2 Å². The molecule has 2 N–H and O–H groups in total. The van der Waals surface area contributed by atoms with E-state index < -0.39 is 5.41 Å². The summed E-state index contributed by atoms with van der Waals surface area (Å²) < 4.78 is 0. The molecule has 2 nitrogen and oxygen atoms in total. The number of phenolic OH excluding ortho intramolecular Hbond substituents is 2. The zero-order chi connectivity index (χ0) is 23.3. The average Bonchev–Trinajstić information content (AvgIpc) is 3.09. The Morgan fingerprint density at radius 1 is 0.485 bits per heavy atom. The molecule has 0 radical (unpaired) electrons. The Bertz CT molecular complexity index is 1240. The van der Waals surface area contributed by atoms with Gasteiger partial charge >= 0.3 is 0 Å². The summed E-state index contributed by atoms with van der Waals surface area (Å²) >= 11 is 0. The van der Waals surface area contributed by atoms with E-state index in [0.717, 1.165) is 22.3 Å². The highest BCUT2D eigenvalue weighted by molar-refractivity contribution is 5.87. The molecule has 4 aromatic rings. The van der Waals surface area contributed by atoms with Crippen LogP contribution in [0.4, 0.5) is 0 Å². The van der Waals surface area contributed by atoms with Crippen molar-refractivity contribution in [3.8, 4) is 22.6 Å². The molecular weight excluding hydrogens is 404 g/mol. The SMILES string of the molecule is CC(C)c1c(O)cccc1C1(c2cccc(O)c2C(C)C)c2ccccc2-c2ccccc21. The lowest BCUT2D eigenvalue weighted by atomic mass is 9.63. The smallest absolute Gasteiger partial charge is 0.119 e. The highest BCUT2D eigenvalue weighted by Gasteiger charge is 2.49. The zero-order valence-corrected chi connectivity index (χ0v) is 19.6. The second-order valence-corrected chi connectivity index (χ2v) is 9.63. The van der Waals surface area contributed by atoms with Crippen molar-refractivity contribution in [2.45, 2.75) is 44.9 Å². The van der Waals surface area contributed by atoms with Gasteiger partial charge in [-0.3, -0.25) is 0 Å². The molecule has 4 aromatic carbocycles. The third-order valence-corrected chi connectivity index (χ3v) is 7.08. The van der Waals surface area contributed by atoms with Gasteiger partial charge in [0.05, 0.1) is 5.41 Å². The van der Waals surface area contributed by atoms with Gasteiger partial charge in [-0.15, -0.1) is 0 Å². The predicted octanol–water partition coefficient (Wildman–Crippen LogP) is 7.71. The Morgan fingerprint density at radius 3 is 1.24 bits per heavy atom. The van der Waals surface area contributed by atoms with Gasteiger partial charge in [0, 0.05) is 11.1 Å². The van der Waals surface area contributed by atoms with E-state index in [1.54, 1.807) is 12.1 Å². The van der Waals surface area contributed by atoms with Crippen molar-refractivity contribution in [2.24, 2.45) is 0 Å². The Labute approximate surface area is 196 Å². The van der Waals surface area contributed by atoms with Gasteiger partial charge in [0.15, 0.2) is 0 Å². The summed E-state index contributed by atoms with van der Waals surface area (Å²) in [5.41, 5.74) is 8.16. The predicted molar refractivity (Wildman–Crippen MR) is 135 cm³/mol. The van der Waals surface area contributed by atoms with E-state index in [4.69, 9.17) is 0 Å². The lowest BCUT2D eigenvalue weighted by molar-refractivity contribution is 0.459. The van der Waals surface area contributed by atoms with E-state index >= 15 is 0 Å². The summed E-state index contributed by atoms with van der Waals surface area (Å²) in [5, 5.41) is 22.1. The highest BCUT2D eigenvalue weighted by Crippen LogP contribution is 2.59. The van der Waals surface area contributed by atoms with Crippen LogP contribution < -0.4 is 0 Å². The van der Waals surface area contributed by atoms with Crippen LogP contribution in [0, 0.1) is 0 Å².